The average molecular weight is 262 g/mol. The molecule has 0 unspecified atom stereocenters. The number of benzene rings is 1. The molecule has 98 valence electrons. The highest BCUT2D eigenvalue weighted by Crippen LogP contribution is 2.25. The molecule has 3 heteroatoms. The van der Waals surface area contributed by atoms with Gasteiger partial charge in [0.1, 0.15) is 0 Å². The number of nitrogens with one attached hydrogen (secondary N) is 2. The van der Waals surface area contributed by atoms with E-state index in [4.69, 9.17) is 0 Å². The Hall–Kier alpha value is -0.900. The maximum Gasteiger partial charge on any atom is 0.0346 e. The summed E-state index contributed by atoms with van der Waals surface area (Å²) < 4.78 is 1.38. The first-order valence-corrected chi connectivity index (χ1v) is 7.54. The van der Waals surface area contributed by atoms with Crippen LogP contribution in [-0.4, -0.2) is 19.1 Å². The average Bonchev–Trinajstić information content (AvgIpc) is 2.77. The van der Waals surface area contributed by atoms with E-state index in [-0.39, 0.29) is 0 Å². The lowest BCUT2D eigenvalue weighted by atomic mass is 10.2. The Morgan fingerprint density at radius 3 is 2.83 bits per heavy atom. The molecule has 0 saturated heterocycles. The van der Waals surface area contributed by atoms with Crippen molar-refractivity contribution in [3.63, 3.8) is 0 Å². The van der Waals surface area contributed by atoms with Gasteiger partial charge < -0.3 is 10.6 Å². The predicted molar refractivity (Wildman–Crippen MR) is 81.3 cm³/mol. The van der Waals surface area contributed by atoms with Crippen LogP contribution in [0.2, 0.25) is 0 Å². The molecule has 0 amide bonds. The van der Waals surface area contributed by atoms with Gasteiger partial charge in [0.2, 0.25) is 0 Å². The van der Waals surface area contributed by atoms with E-state index in [1.807, 2.05) is 11.3 Å². The molecule has 0 fully saturated rings. The van der Waals surface area contributed by atoms with Crippen LogP contribution >= 0.6 is 11.3 Å². The first-order chi connectivity index (χ1) is 8.77. The van der Waals surface area contributed by atoms with Crippen LogP contribution in [0.3, 0.4) is 0 Å². The van der Waals surface area contributed by atoms with Crippen LogP contribution < -0.4 is 10.6 Å². The van der Waals surface area contributed by atoms with E-state index in [1.54, 1.807) is 0 Å². The van der Waals surface area contributed by atoms with Crippen molar-refractivity contribution in [1.29, 1.82) is 0 Å². The molecule has 0 aliphatic rings. The molecule has 2 N–H and O–H groups in total. The second-order valence-corrected chi connectivity index (χ2v) is 5.81. The summed E-state index contributed by atoms with van der Waals surface area (Å²) in [7, 11) is 0. The van der Waals surface area contributed by atoms with Gasteiger partial charge in [0.05, 0.1) is 0 Å². The monoisotopic (exact) mass is 262 g/mol. The highest BCUT2D eigenvalue weighted by molar-refractivity contribution is 7.17. The maximum atomic E-state index is 3.52. The minimum atomic E-state index is 0.589. The Labute approximate surface area is 113 Å². The molecule has 2 nitrogen and oxygen atoms in total. The zero-order valence-electron chi connectivity index (χ0n) is 11.2. The lowest BCUT2D eigenvalue weighted by molar-refractivity contribution is 0.548. The fourth-order valence-corrected chi connectivity index (χ4v) is 2.96. The predicted octanol–water partition coefficient (Wildman–Crippen LogP) is 3.38. The quantitative estimate of drug-likeness (QED) is 0.748. The first-order valence-electron chi connectivity index (χ1n) is 6.66. The SMILES string of the molecule is CC(C)NCCCNCc1csc2ccccc12. The summed E-state index contributed by atoms with van der Waals surface area (Å²) in [6, 6.07) is 9.21. The van der Waals surface area contributed by atoms with Crippen LogP contribution in [0.1, 0.15) is 25.8 Å². The van der Waals surface area contributed by atoms with Gasteiger partial charge in [0, 0.05) is 17.3 Å². The second-order valence-electron chi connectivity index (χ2n) is 4.90. The molecule has 0 bridgehead atoms. The van der Waals surface area contributed by atoms with Crippen molar-refractivity contribution in [3.8, 4) is 0 Å². The summed E-state index contributed by atoms with van der Waals surface area (Å²) in [5.74, 6) is 0. The summed E-state index contributed by atoms with van der Waals surface area (Å²) in [5.41, 5.74) is 1.42. The Kier molecular flexibility index (Phi) is 5.17. The third-order valence-electron chi connectivity index (χ3n) is 2.96. The molecule has 0 spiro atoms. The maximum absolute atomic E-state index is 3.52. The van der Waals surface area contributed by atoms with Crippen molar-refractivity contribution in [2.75, 3.05) is 13.1 Å². The number of hydrogen-bond acceptors (Lipinski definition) is 3. The van der Waals surface area contributed by atoms with E-state index in [0.29, 0.717) is 6.04 Å². The highest BCUT2D eigenvalue weighted by atomic mass is 32.1. The second kappa shape index (κ2) is 6.88. The molecule has 1 aromatic carbocycles. The minimum Gasteiger partial charge on any atom is -0.314 e. The van der Waals surface area contributed by atoms with Crippen LogP contribution in [0.4, 0.5) is 0 Å². The van der Waals surface area contributed by atoms with E-state index >= 15 is 0 Å². The van der Waals surface area contributed by atoms with E-state index in [0.717, 1.165) is 19.6 Å². The smallest absolute Gasteiger partial charge is 0.0346 e. The van der Waals surface area contributed by atoms with Gasteiger partial charge >= 0.3 is 0 Å². The van der Waals surface area contributed by atoms with Crippen LogP contribution in [-0.2, 0) is 6.54 Å². The standard InChI is InChI=1S/C15H22N2S/c1-12(2)17-9-5-8-16-10-13-11-18-15-7-4-3-6-14(13)15/h3-4,6-7,11-12,16-17H,5,8-10H2,1-2H3. The molecule has 1 aromatic heterocycles. The Bertz CT molecular complexity index is 476. The summed E-state index contributed by atoms with van der Waals surface area (Å²) in [6.45, 7) is 7.51. The number of rotatable bonds is 7. The zero-order valence-corrected chi connectivity index (χ0v) is 12.0. The van der Waals surface area contributed by atoms with Crippen LogP contribution in [0, 0.1) is 0 Å². The fraction of sp³-hybridized carbons (Fsp3) is 0.467. The highest BCUT2D eigenvalue weighted by Gasteiger charge is 2.02. The molecular weight excluding hydrogens is 240 g/mol. The number of hydrogen-bond donors (Lipinski definition) is 2. The molecule has 0 atom stereocenters. The zero-order chi connectivity index (χ0) is 12.8. The van der Waals surface area contributed by atoms with Crippen molar-refractivity contribution < 1.29 is 0 Å². The summed E-state index contributed by atoms with van der Waals surface area (Å²) >= 11 is 1.83. The minimum absolute atomic E-state index is 0.589. The Morgan fingerprint density at radius 1 is 1.17 bits per heavy atom. The number of thiophene rings is 1. The molecular formula is C15H22N2S. The topological polar surface area (TPSA) is 24.1 Å². The van der Waals surface area contributed by atoms with Gasteiger partial charge in [-0.3, -0.25) is 0 Å². The molecule has 0 aliphatic heterocycles. The van der Waals surface area contributed by atoms with Gasteiger partial charge in [-0.1, -0.05) is 32.0 Å². The van der Waals surface area contributed by atoms with Gasteiger partial charge in [0.15, 0.2) is 0 Å². The Morgan fingerprint density at radius 2 is 2.00 bits per heavy atom. The summed E-state index contributed by atoms with van der Waals surface area (Å²) in [6.07, 6.45) is 1.18. The third kappa shape index (κ3) is 3.80. The number of fused-ring (bicyclic) bond motifs is 1. The third-order valence-corrected chi connectivity index (χ3v) is 3.97. The lowest BCUT2D eigenvalue weighted by Gasteiger charge is -2.08. The van der Waals surface area contributed by atoms with E-state index in [1.165, 1.54) is 22.1 Å². The largest absolute Gasteiger partial charge is 0.314 e. The summed E-state index contributed by atoms with van der Waals surface area (Å²) in [5, 5.41) is 10.6. The van der Waals surface area contributed by atoms with Crippen LogP contribution in [0.25, 0.3) is 10.1 Å². The van der Waals surface area contributed by atoms with E-state index < -0.39 is 0 Å². The van der Waals surface area contributed by atoms with Crippen molar-refractivity contribution in [2.24, 2.45) is 0 Å². The molecule has 2 rings (SSSR count). The summed E-state index contributed by atoms with van der Waals surface area (Å²) in [4.78, 5) is 0. The van der Waals surface area contributed by atoms with Crippen molar-refractivity contribution >= 4 is 21.4 Å². The first kappa shape index (κ1) is 13.5. The molecule has 2 aromatic rings. The Balaban J connectivity index is 1.74. The normalized spacial score (nSPS) is 11.5. The van der Waals surface area contributed by atoms with E-state index in [2.05, 4.69) is 54.1 Å². The van der Waals surface area contributed by atoms with Crippen molar-refractivity contribution in [2.45, 2.75) is 32.9 Å². The van der Waals surface area contributed by atoms with Gasteiger partial charge in [0.25, 0.3) is 0 Å². The van der Waals surface area contributed by atoms with Gasteiger partial charge in [-0.25, -0.2) is 0 Å². The van der Waals surface area contributed by atoms with Crippen LogP contribution in [0.15, 0.2) is 29.6 Å². The van der Waals surface area contributed by atoms with Crippen molar-refractivity contribution in [3.05, 3.63) is 35.2 Å². The van der Waals surface area contributed by atoms with Gasteiger partial charge in [-0.05, 0) is 41.9 Å². The molecule has 1 heterocycles. The lowest BCUT2D eigenvalue weighted by Crippen LogP contribution is -2.26. The fourth-order valence-electron chi connectivity index (χ4n) is 2.00. The van der Waals surface area contributed by atoms with Gasteiger partial charge in [-0.15, -0.1) is 11.3 Å². The molecule has 0 radical (unpaired) electrons. The van der Waals surface area contributed by atoms with Gasteiger partial charge in [-0.2, -0.15) is 0 Å². The van der Waals surface area contributed by atoms with Crippen molar-refractivity contribution in [1.82, 2.24) is 10.6 Å². The molecule has 0 aliphatic carbocycles. The van der Waals surface area contributed by atoms with E-state index in [9.17, 15) is 0 Å². The molecule has 18 heavy (non-hydrogen) atoms. The van der Waals surface area contributed by atoms with Crippen LogP contribution in [0.5, 0.6) is 0 Å². The molecule has 0 saturated carbocycles.